The Hall–Kier alpha value is -1.92. The highest BCUT2D eigenvalue weighted by atomic mass is 35.5. The molecule has 0 heterocycles. The average Bonchev–Trinajstić information content (AvgIpc) is 2.55. The molecule has 2 rings (SSSR count). The summed E-state index contributed by atoms with van der Waals surface area (Å²) in [6, 6.07) is 10.2. The smallest absolute Gasteiger partial charge is 0.446 e. The van der Waals surface area contributed by atoms with Crippen LogP contribution in [0, 0.1) is 0 Å². The number of alkyl halides is 4. The molecule has 1 N–H and O–H groups in total. The summed E-state index contributed by atoms with van der Waals surface area (Å²) in [5.74, 6) is 0.132. The summed E-state index contributed by atoms with van der Waals surface area (Å²) in [4.78, 5) is 12.3. The molecule has 0 radical (unpaired) electrons. The van der Waals surface area contributed by atoms with Crippen LogP contribution in [0.25, 0.3) is 6.08 Å². The number of thioether (sulfide) groups is 1. The number of halogens is 4. The van der Waals surface area contributed by atoms with Gasteiger partial charge < -0.3 is 5.11 Å². The first-order valence-corrected chi connectivity index (χ1v) is 8.59. The first-order chi connectivity index (χ1) is 11.8. The summed E-state index contributed by atoms with van der Waals surface area (Å²) >= 11 is 5.46. The van der Waals surface area contributed by atoms with Gasteiger partial charge in [0.05, 0.1) is 0 Å². The van der Waals surface area contributed by atoms with Gasteiger partial charge in [-0.2, -0.15) is 13.2 Å². The number of benzene rings is 2. The van der Waals surface area contributed by atoms with Crippen LogP contribution in [0.4, 0.5) is 13.2 Å². The zero-order valence-corrected chi connectivity index (χ0v) is 14.5. The molecule has 0 atom stereocenters. The van der Waals surface area contributed by atoms with E-state index in [1.165, 1.54) is 48.6 Å². The summed E-state index contributed by atoms with van der Waals surface area (Å²) in [7, 11) is 0. The maximum Gasteiger partial charge on any atom is 0.446 e. The van der Waals surface area contributed by atoms with Crippen molar-refractivity contribution in [2.45, 2.75) is 16.8 Å². The van der Waals surface area contributed by atoms with Crippen molar-refractivity contribution in [1.29, 1.82) is 0 Å². The first kappa shape index (κ1) is 19.4. The third-order valence-electron chi connectivity index (χ3n) is 3.27. The summed E-state index contributed by atoms with van der Waals surface area (Å²) in [6.45, 7) is 0. The second kappa shape index (κ2) is 8.45. The van der Waals surface area contributed by atoms with Crippen LogP contribution >= 0.6 is 23.4 Å². The molecule has 0 unspecified atom stereocenters. The van der Waals surface area contributed by atoms with Gasteiger partial charge >= 0.3 is 5.51 Å². The van der Waals surface area contributed by atoms with Crippen LogP contribution in [-0.4, -0.2) is 22.3 Å². The average molecular weight is 387 g/mol. The van der Waals surface area contributed by atoms with Crippen molar-refractivity contribution < 1.29 is 23.1 Å². The number of aryl methyl sites for hydroxylation is 1. The van der Waals surface area contributed by atoms with E-state index in [0.29, 0.717) is 29.0 Å². The number of carbonyl (C=O) groups excluding carboxylic acids is 1. The molecule has 0 saturated carbocycles. The number of aromatic hydroxyl groups is 1. The molecule has 0 saturated heterocycles. The molecule has 0 aliphatic rings. The Kier molecular flexibility index (Phi) is 6.56. The van der Waals surface area contributed by atoms with Crippen LogP contribution in [0.1, 0.15) is 21.5 Å². The number of carbonyl (C=O) groups is 1. The molecule has 2 aromatic carbocycles. The number of allylic oxidation sites excluding steroid dienone is 1. The largest absolute Gasteiger partial charge is 0.508 e. The topological polar surface area (TPSA) is 37.3 Å². The van der Waals surface area contributed by atoms with Crippen LogP contribution < -0.4 is 0 Å². The fourth-order valence-corrected chi connectivity index (χ4v) is 2.83. The molecule has 0 fully saturated rings. The monoisotopic (exact) mass is 386 g/mol. The zero-order chi connectivity index (χ0) is 18.4. The Balaban J connectivity index is 2.08. The molecular weight excluding hydrogens is 373 g/mol. The van der Waals surface area contributed by atoms with E-state index in [1.54, 1.807) is 6.07 Å². The lowest BCUT2D eigenvalue weighted by molar-refractivity contribution is -0.0328. The minimum Gasteiger partial charge on any atom is -0.508 e. The summed E-state index contributed by atoms with van der Waals surface area (Å²) in [6.07, 6.45) is 3.30. The number of hydrogen-bond donors (Lipinski definition) is 1. The lowest BCUT2D eigenvalue weighted by Gasteiger charge is -2.05. The Labute approximate surface area is 152 Å². The van der Waals surface area contributed by atoms with Crippen molar-refractivity contribution in [2.24, 2.45) is 0 Å². The van der Waals surface area contributed by atoms with Crippen molar-refractivity contribution in [1.82, 2.24) is 0 Å². The maximum absolute atomic E-state index is 12.3. The second-order valence-corrected chi connectivity index (χ2v) is 6.61. The van der Waals surface area contributed by atoms with Crippen LogP contribution in [0.15, 0.2) is 53.4 Å². The van der Waals surface area contributed by atoms with E-state index in [0.717, 1.165) is 0 Å². The van der Waals surface area contributed by atoms with Gasteiger partial charge in [-0.3, -0.25) is 4.79 Å². The molecule has 2 nitrogen and oxygen atoms in total. The number of hydrogen-bond acceptors (Lipinski definition) is 3. The summed E-state index contributed by atoms with van der Waals surface area (Å²) in [5, 5.41) is 9.69. The van der Waals surface area contributed by atoms with Gasteiger partial charge in [0.1, 0.15) is 5.75 Å². The van der Waals surface area contributed by atoms with E-state index in [-0.39, 0.29) is 28.2 Å². The van der Waals surface area contributed by atoms with Gasteiger partial charge in [-0.25, -0.2) is 0 Å². The predicted molar refractivity (Wildman–Crippen MR) is 94.2 cm³/mol. The van der Waals surface area contributed by atoms with E-state index in [4.69, 9.17) is 11.6 Å². The van der Waals surface area contributed by atoms with Crippen LogP contribution in [0.3, 0.4) is 0 Å². The minimum absolute atomic E-state index is 0.0823. The van der Waals surface area contributed by atoms with E-state index in [9.17, 15) is 23.1 Å². The maximum atomic E-state index is 12.3. The molecule has 132 valence electrons. The Morgan fingerprint density at radius 3 is 2.44 bits per heavy atom. The highest BCUT2D eigenvalue weighted by molar-refractivity contribution is 8.00. The molecule has 7 heteroatoms. The standard InChI is InChI=1S/C18H14ClF3O2S/c19-10-9-14-11-13(4-8-17(14)24)16(23)7-3-12-1-5-15(6-2-12)25-18(20,21)22/h1-8,11,24H,9-10H2/b7-3-. The zero-order valence-electron chi connectivity index (χ0n) is 12.9. The normalized spacial score (nSPS) is 11.8. The fraction of sp³-hybridized carbons (Fsp3) is 0.167. The van der Waals surface area contributed by atoms with Crippen LogP contribution in [-0.2, 0) is 6.42 Å². The van der Waals surface area contributed by atoms with E-state index >= 15 is 0 Å². The fourth-order valence-electron chi connectivity index (χ4n) is 2.09. The van der Waals surface area contributed by atoms with Crippen LogP contribution in [0.5, 0.6) is 5.75 Å². The summed E-state index contributed by atoms with van der Waals surface area (Å²) < 4.78 is 36.8. The van der Waals surface area contributed by atoms with Crippen molar-refractivity contribution in [3.63, 3.8) is 0 Å². The molecule has 25 heavy (non-hydrogen) atoms. The van der Waals surface area contributed by atoms with Crippen molar-refractivity contribution in [2.75, 3.05) is 5.88 Å². The predicted octanol–water partition coefficient (Wildman–Crippen LogP) is 5.68. The number of ketones is 1. The number of phenolic OH excluding ortho intramolecular Hbond substituents is 1. The lowest BCUT2D eigenvalue weighted by Crippen LogP contribution is -1.98. The molecular formula is C18H14ClF3O2S. The quantitative estimate of drug-likeness (QED) is 0.300. The summed E-state index contributed by atoms with van der Waals surface area (Å²) in [5.41, 5.74) is -2.73. The van der Waals surface area contributed by atoms with Crippen molar-refractivity contribution in [3.05, 3.63) is 65.2 Å². The van der Waals surface area contributed by atoms with Gasteiger partial charge in [-0.15, -0.1) is 11.6 Å². The highest BCUT2D eigenvalue weighted by Crippen LogP contribution is 2.36. The van der Waals surface area contributed by atoms with E-state index in [1.807, 2.05) is 0 Å². The molecule has 0 bridgehead atoms. The van der Waals surface area contributed by atoms with E-state index in [2.05, 4.69) is 0 Å². The molecule has 0 aromatic heterocycles. The van der Waals surface area contributed by atoms with Crippen molar-refractivity contribution in [3.8, 4) is 5.75 Å². The lowest BCUT2D eigenvalue weighted by atomic mass is 10.0. The number of phenols is 1. The third-order valence-corrected chi connectivity index (χ3v) is 4.20. The van der Waals surface area contributed by atoms with Gasteiger partial charge in [0.15, 0.2) is 5.78 Å². The molecule has 0 aliphatic heterocycles. The van der Waals surface area contributed by atoms with Gasteiger partial charge in [0.25, 0.3) is 0 Å². The van der Waals surface area contributed by atoms with Gasteiger partial charge in [-0.05, 0) is 65.7 Å². The Morgan fingerprint density at radius 1 is 1.16 bits per heavy atom. The van der Waals surface area contributed by atoms with Gasteiger partial charge in [-0.1, -0.05) is 18.2 Å². The highest BCUT2D eigenvalue weighted by Gasteiger charge is 2.28. The molecule has 2 aromatic rings. The molecule has 0 spiro atoms. The number of rotatable bonds is 6. The van der Waals surface area contributed by atoms with Gasteiger partial charge in [0.2, 0.25) is 0 Å². The third kappa shape index (κ3) is 6.14. The van der Waals surface area contributed by atoms with Crippen molar-refractivity contribution >= 4 is 35.2 Å². The Morgan fingerprint density at radius 2 is 1.84 bits per heavy atom. The second-order valence-electron chi connectivity index (χ2n) is 5.10. The van der Waals surface area contributed by atoms with Crippen LogP contribution in [0.2, 0.25) is 0 Å². The SMILES string of the molecule is O=C(/C=C\c1ccc(SC(F)(F)F)cc1)c1ccc(O)c(CCCl)c1. The van der Waals surface area contributed by atoms with E-state index < -0.39 is 5.51 Å². The Bertz CT molecular complexity index is 771. The molecule has 0 amide bonds. The first-order valence-electron chi connectivity index (χ1n) is 7.24. The van der Waals surface area contributed by atoms with Gasteiger partial charge in [0, 0.05) is 16.3 Å². The minimum atomic E-state index is -4.33. The molecule has 0 aliphatic carbocycles.